The van der Waals surface area contributed by atoms with Crippen molar-refractivity contribution in [1.29, 1.82) is 5.26 Å². The zero-order chi connectivity index (χ0) is 14.5. The minimum absolute atomic E-state index is 0.0330. The van der Waals surface area contributed by atoms with Gasteiger partial charge < -0.3 is 4.74 Å². The molecule has 1 aromatic carbocycles. The van der Waals surface area contributed by atoms with Crippen molar-refractivity contribution in [3.63, 3.8) is 0 Å². The molecule has 0 saturated carbocycles. The van der Waals surface area contributed by atoms with E-state index in [9.17, 15) is 4.79 Å². The van der Waals surface area contributed by atoms with Gasteiger partial charge in [-0.3, -0.25) is 9.13 Å². The molecule has 0 N–H and O–H groups in total. The molecule has 0 radical (unpaired) electrons. The summed E-state index contributed by atoms with van der Waals surface area (Å²) in [7, 11) is 0. The number of ether oxygens (including phenoxy) is 1. The standard InChI is InChI=1S/C15H17N3O2/c1-12(2)18-7-6-17(15(18)19)8-9-20-14-5-3-4-13(10-14)11-16/h3-7,10,12H,8-9H2,1-2H3. The summed E-state index contributed by atoms with van der Waals surface area (Å²) in [5, 5.41) is 8.80. The summed E-state index contributed by atoms with van der Waals surface area (Å²) in [4.78, 5) is 12.0. The zero-order valence-electron chi connectivity index (χ0n) is 11.6. The van der Waals surface area contributed by atoms with Crippen molar-refractivity contribution in [3.8, 4) is 11.8 Å². The van der Waals surface area contributed by atoms with E-state index in [2.05, 4.69) is 6.07 Å². The molecule has 5 heteroatoms. The first kappa shape index (κ1) is 13.9. The lowest BCUT2D eigenvalue weighted by atomic mass is 10.2. The van der Waals surface area contributed by atoms with Crippen molar-refractivity contribution in [3.05, 3.63) is 52.7 Å². The average molecular weight is 271 g/mol. The quantitative estimate of drug-likeness (QED) is 0.837. The zero-order valence-corrected chi connectivity index (χ0v) is 11.6. The van der Waals surface area contributed by atoms with Gasteiger partial charge in [-0.2, -0.15) is 5.26 Å². The van der Waals surface area contributed by atoms with Crippen molar-refractivity contribution in [1.82, 2.24) is 9.13 Å². The van der Waals surface area contributed by atoms with Crippen molar-refractivity contribution in [2.75, 3.05) is 6.61 Å². The van der Waals surface area contributed by atoms with Gasteiger partial charge in [-0.05, 0) is 32.0 Å². The van der Waals surface area contributed by atoms with Crippen LogP contribution < -0.4 is 10.4 Å². The molecule has 0 fully saturated rings. The van der Waals surface area contributed by atoms with Gasteiger partial charge in [-0.25, -0.2) is 4.79 Å². The lowest BCUT2D eigenvalue weighted by Crippen LogP contribution is -2.26. The Morgan fingerprint density at radius 2 is 2.15 bits per heavy atom. The van der Waals surface area contributed by atoms with Gasteiger partial charge in [0.25, 0.3) is 0 Å². The van der Waals surface area contributed by atoms with Crippen LogP contribution in [0.25, 0.3) is 0 Å². The first-order valence-electron chi connectivity index (χ1n) is 6.52. The molecule has 0 spiro atoms. The van der Waals surface area contributed by atoms with Crippen LogP contribution in [0.3, 0.4) is 0 Å². The van der Waals surface area contributed by atoms with Crippen LogP contribution in [-0.4, -0.2) is 15.7 Å². The van der Waals surface area contributed by atoms with Crippen LogP contribution in [-0.2, 0) is 6.54 Å². The summed E-state index contributed by atoms with van der Waals surface area (Å²) in [5.41, 5.74) is 0.528. The predicted octanol–water partition coefficient (Wildman–Crippen LogP) is 2.18. The van der Waals surface area contributed by atoms with Gasteiger partial charge in [-0.15, -0.1) is 0 Å². The number of hydrogen-bond acceptors (Lipinski definition) is 3. The molecule has 0 amide bonds. The number of imidazole rings is 1. The van der Waals surface area contributed by atoms with E-state index in [0.717, 1.165) is 0 Å². The normalized spacial score (nSPS) is 10.5. The maximum atomic E-state index is 12.0. The van der Waals surface area contributed by atoms with Gasteiger partial charge in [0, 0.05) is 18.4 Å². The van der Waals surface area contributed by atoms with E-state index < -0.39 is 0 Å². The Labute approximate surface area is 117 Å². The summed E-state index contributed by atoms with van der Waals surface area (Å²) in [6.45, 7) is 4.80. The molecule has 5 nitrogen and oxygen atoms in total. The highest BCUT2D eigenvalue weighted by molar-refractivity contribution is 5.36. The molecule has 1 heterocycles. The number of rotatable bonds is 5. The van der Waals surface area contributed by atoms with E-state index >= 15 is 0 Å². The van der Waals surface area contributed by atoms with Crippen LogP contribution in [0.2, 0.25) is 0 Å². The fourth-order valence-corrected chi connectivity index (χ4v) is 1.91. The molecule has 0 aliphatic heterocycles. The molecule has 0 unspecified atom stereocenters. The second kappa shape index (κ2) is 6.11. The van der Waals surface area contributed by atoms with Gasteiger partial charge in [0.15, 0.2) is 0 Å². The Balaban J connectivity index is 1.96. The Morgan fingerprint density at radius 3 is 2.80 bits per heavy atom. The second-order valence-electron chi connectivity index (χ2n) is 4.76. The number of benzene rings is 1. The molecular weight excluding hydrogens is 254 g/mol. The summed E-state index contributed by atoms with van der Waals surface area (Å²) in [6.07, 6.45) is 3.54. The SMILES string of the molecule is CC(C)n1ccn(CCOc2cccc(C#N)c2)c1=O. The number of nitriles is 1. The van der Waals surface area contributed by atoms with E-state index in [1.165, 1.54) is 0 Å². The molecule has 0 bridgehead atoms. The van der Waals surface area contributed by atoms with Crippen molar-refractivity contribution >= 4 is 0 Å². The Bertz CT molecular complexity index is 677. The molecule has 1 aromatic heterocycles. The first-order valence-corrected chi connectivity index (χ1v) is 6.52. The van der Waals surface area contributed by atoms with Gasteiger partial charge in [0.2, 0.25) is 0 Å². The monoisotopic (exact) mass is 271 g/mol. The highest BCUT2D eigenvalue weighted by Crippen LogP contribution is 2.12. The number of nitrogens with zero attached hydrogens (tertiary/aromatic N) is 3. The van der Waals surface area contributed by atoms with Crippen LogP contribution in [0, 0.1) is 11.3 Å². The lowest BCUT2D eigenvalue weighted by molar-refractivity contribution is 0.295. The first-order chi connectivity index (χ1) is 9.61. The smallest absolute Gasteiger partial charge is 0.328 e. The minimum Gasteiger partial charge on any atom is -0.492 e. The van der Waals surface area contributed by atoms with E-state index in [4.69, 9.17) is 10.00 Å². The molecular formula is C15H17N3O2. The highest BCUT2D eigenvalue weighted by Gasteiger charge is 2.05. The van der Waals surface area contributed by atoms with E-state index in [1.54, 1.807) is 45.8 Å². The predicted molar refractivity (Wildman–Crippen MR) is 75.7 cm³/mol. The summed E-state index contributed by atoms with van der Waals surface area (Å²) < 4.78 is 8.85. The van der Waals surface area contributed by atoms with Crippen LogP contribution >= 0.6 is 0 Å². The summed E-state index contributed by atoms with van der Waals surface area (Å²) in [5.74, 6) is 0.639. The molecule has 2 rings (SSSR count). The van der Waals surface area contributed by atoms with Gasteiger partial charge in [0.05, 0.1) is 18.2 Å². The van der Waals surface area contributed by atoms with Gasteiger partial charge in [-0.1, -0.05) is 6.07 Å². The minimum atomic E-state index is -0.0330. The maximum absolute atomic E-state index is 12.0. The van der Waals surface area contributed by atoms with Crippen LogP contribution in [0.4, 0.5) is 0 Å². The van der Waals surface area contributed by atoms with Crippen molar-refractivity contribution < 1.29 is 4.74 Å². The fourth-order valence-electron chi connectivity index (χ4n) is 1.91. The van der Waals surface area contributed by atoms with E-state index in [-0.39, 0.29) is 11.7 Å². The van der Waals surface area contributed by atoms with E-state index in [0.29, 0.717) is 24.5 Å². The Hall–Kier alpha value is -2.48. The Kier molecular flexibility index (Phi) is 4.26. The van der Waals surface area contributed by atoms with Crippen LogP contribution in [0.5, 0.6) is 5.75 Å². The number of hydrogen-bond donors (Lipinski definition) is 0. The molecule has 2 aromatic rings. The van der Waals surface area contributed by atoms with Gasteiger partial charge >= 0.3 is 5.69 Å². The Morgan fingerprint density at radius 1 is 1.35 bits per heavy atom. The van der Waals surface area contributed by atoms with Crippen molar-refractivity contribution in [2.45, 2.75) is 26.4 Å². The lowest BCUT2D eigenvalue weighted by Gasteiger charge is -2.07. The third kappa shape index (κ3) is 3.09. The molecule has 0 aliphatic carbocycles. The largest absolute Gasteiger partial charge is 0.492 e. The van der Waals surface area contributed by atoms with Crippen molar-refractivity contribution in [2.24, 2.45) is 0 Å². The fraction of sp³-hybridized carbons (Fsp3) is 0.333. The average Bonchev–Trinajstić information content (AvgIpc) is 2.81. The third-order valence-corrected chi connectivity index (χ3v) is 2.99. The summed E-state index contributed by atoms with van der Waals surface area (Å²) in [6, 6.07) is 9.18. The highest BCUT2D eigenvalue weighted by atomic mass is 16.5. The topological polar surface area (TPSA) is 59.9 Å². The van der Waals surface area contributed by atoms with Gasteiger partial charge in [0.1, 0.15) is 12.4 Å². The van der Waals surface area contributed by atoms with E-state index in [1.807, 2.05) is 13.8 Å². The molecule has 104 valence electrons. The summed E-state index contributed by atoms with van der Waals surface area (Å²) >= 11 is 0. The van der Waals surface area contributed by atoms with Crippen LogP contribution in [0.1, 0.15) is 25.5 Å². The number of aromatic nitrogens is 2. The molecule has 0 aliphatic rings. The second-order valence-corrected chi connectivity index (χ2v) is 4.76. The molecule has 0 saturated heterocycles. The maximum Gasteiger partial charge on any atom is 0.328 e. The molecule has 0 atom stereocenters. The molecule has 20 heavy (non-hydrogen) atoms. The van der Waals surface area contributed by atoms with Crippen LogP contribution in [0.15, 0.2) is 41.5 Å². The third-order valence-electron chi connectivity index (χ3n) is 2.99.